The lowest BCUT2D eigenvalue weighted by atomic mass is 9.95. The van der Waals surface area contributed by atoms with Crippen molar-refractivity contribution in [1.82, 2.24) is 10.6 Å². The third-order valence-electron chi connectivity index (χ3n) is 2.92. The number of carbonyl (C=O) groups excluding carboxylic acids is 1. The highest BCUT2D eigenvalue weighted by Crippen LogP contribution is 2.18. The summed E-state index contributed by atoms with van der Waals surface area (Å²) in [7, 11) is 0. The summed E-state index contributed by atoms with van der Waals surface area (Å²) < 4.78 is 0. The standard InChI is InChI=1S/C13H18N2O/c1-2-7-15-13(16)12-5-3-4-10-9-14-8-6-11(10)12/h3-5,14H,2,6-9H2,1H3,(H,15,16). The van der Waals surface area contributed by atoms with Crippen molar-refractivity contribution in [1.29, 1.82) is 0 Å². The smallest absolute Gasteiger partial charge is 0.251 e. The molecule has 1 aromatic rings. The fourth-order valence-electron chi connectivity index (χ4n) is 2.08. The van der Waals surface area contributed by atoms with E-state index in [0.29, 0.717) is 0 Å². The van der Waals surface area contributed by atoms with Gasteiger partial charge in [0.1, 0.15) is 0 Å². The monoisotopic (exact) mass is 218 g/mol. The van der Waals surface area contributed by atoms with Crippen LogP contribution in [-0.2, 0) is 13.0 Å². The van der Waals surface area contributed by atoms with Gasteiger partial charge in [-0.3, -0.25) is 4.79 Å². The van der Waals surface area contributed by atoms with Crippen molar-refractivity contribution >= 4 is 5.91 Å². The van der Waals surface area contributed by atoms with Crippen LogP contribution < -0.4 is 10.6 Å². The van der Waals surface area contributed by atoms with Crippen molar-refractivity contribution in [3.63, 3.8) is 0 Å². The first kappa shape index (κ1) is 11.1. The molecule has 2 N–H and O–H groups in total. The lowest BCUT2D eigenvalue weighted by molar-refractivity contribution is 0.0952. The molecule has 0 spiro atoms. The van der Waals surface area contributed by atoms with Crippen LogP contribution in [0.25, 0.3) is 0 Å². The Hall–Kier alpha value is -1.35. The molecule has 0 bridgehead atoms. The van der Waals surface area contributed by atoms with Gasteiger partial charge in [0.25, 0.3) is 5.91 Å². The van der Waals surface area contributed by atoms with E-state index >= 15 is 0 Å². The van der Waals surface area contributed by atoms with E-state index in [9.17, 15) is 4.79 Å². The first-order valence-corrected chi connectivity index (χ1v) is 5.92. The molecule has 3 nitrogen and oxygen atoms in total. The molecular formula is C13H18N2O. The number of nitrogens with one attached hydrogen (secondary N) is 2. The molecule has 1 amide bonds. The third-order valence-corrected chi connectivity index (χ3v) is 2.92. The molecule has 0 atom stereocenters. The van der Waals surface area contributed by atoms with E-state index in [1.54, 1.807) is 0 Å². The van der Waals surface area contributed by atoms with E-state index < -0.39 is 0 Å². The molecule has 1 aliphatic rings. The number of hydrogen-bond donors (Lipinski definition) is 2. The van der Waals surface area contributed by atoms with Crippen LogP contribution >= 0.6 is 0 Å². The lowest BCUT2D eigenvalue weighted by Crippen LogP contribution is -2.29. The molecule has 0 radical (unpaired) electrons. The maximum absolute atomic E-state index is 11.9. The number of benzene rings is 1. The molecule has 0 aromatic heterocycles. The average molecular weight is 218 g/mol. The van der Waals surface area contributed by atoms with Crippen molar-refractivity contribution in [3.8, 4) is 0 Å². The molecule has 1 heterocycles. The second-order valence-electron chi connectivity index (χ2n) is 4.13. The number of hydrogen-bond acceptors (Lipinski definition) is 2. The maximum Gasteiger partial charge on any atom is 0.251 e. The van der Waals surface area contributed by atoms with Gasteiger partial charge < -0.3 is 10.6 Å². The van der Waals surface area contributed by atoms with Gasteiger partial charge in [0.2, 0.25) is 0 Å². The maximum atomic E-state index is 11.9. The topological polar surface area (TPSA) is 41.1 Å². The third kappa shape index (κ3) is 2.25. The van der Waals surface area contributed by atoms with Gasteiger partial charge in [0.05, 0.1) is 0 Å². The molecule has 1 aliphatic heterocycles. The van der Waals surface area contributed by atoms with Crippen LogP contribution in [0.1, 0.15) is 34.8 Å². The average Bonchev–Trinajstić information content (AvgIpc) is 2.35. The van der Waals surface area contributed by atoms with Gasteiger partial charge in [-0.15, -0.1) is 0 Å². The molecule has 3 heteroatoms. The summed E-state index contributed by atoms with van der Waals surface area (Å²) in [5.41, 5.74) is 3.33. The van der Waals surface area contributed by atoms with Gasteiger partial charge in [0.15, 0.2) is 0 Å². The SMILES string of the molecule is CCCNC(=O)c1cccc2c1CCNC2. The lowest BCUT2D eigenvalue weighted by Gasteiger charge is -2.19. The normalized spacial score (nSPS) is 14.3. The van der Waals surface area contributed by atoms with E-state index in [1.807, 2.05) is 12.1 Å². The zero-order valence-electron chi connectivity index (χ0n) is 9.68. The van der Waals surface area contributed by atoms with Crippen molar-refractivity contribution < 1.29 is 4.79 Å². The van der Waals surface area contributed by atoms with Gasteiger partial charge in [-0.1, -0.05) is 19.1 Å². The van der Waals surface area contributed by atoms with Crippen molar-refractivity contribution in [3.05, 3.63) is 34.9 Å². The molecule has 0 aliphatic carbocycles. The summed E-state index contributed by atoms with van der Waals surface area (Å²) in [6, 6.07) is 5.99. The summed E-state index contributed by atoms with van der Waals surface area (Å²) >= 11 is 0. The molecule has 0 unspecified atom stereocenters. The van der Waals surface area contributed by atoms with E-state index in [0.717, 1.165) is 38.0 Å². The Balaban J connectivity index is 2.23. The molecule has 16 heavy (non-hydrogen) atoms. The zero-order chi connectivity index (χ0) is 11.4. The molecular weight excluding hydrogens is 200 g/mol. The Morgan fingerprint density at radius 1 is 1.50 bits per heavy atom. The van der Waals surface area contributed by atoms with Crippen LogP contribution in [0.4, 0.5) is 0 Å². The predicted molar refractivity (Wildman–Crippen MR) is 64.5 cm³/mol. The highest BCUT2D eigenvalue weighted by Gasteiger charge is 2.16. The van der Waals surface area contributed by atoms with Crippen LogP contribution in [0, 0.1) is 0 Å². The van der Waals surface area contributed by atoms with E-state index in [-0.39, 0.29) is 5.91 Å². The Labute approximate surface area is 96.2 Å². The molecule has 2 rings (SSSR count). The highest BCUT2D eigenvalue weighted by molar-refractivity contribution is 5.96. The number of carbonyl (C=O) groups is 1. The van der Waals surface area contributed by atoms with Crippen LogP contribution in [0.3, 0.4) is 0 Å². The largest absolute Gasteiger partial charge is 0.352 e. The molecule has 86 valence electrons. The highest BCUT2D eigenvalue weighted by atomic mass is 16.1. The molecule has 1 aromatic carbocycles. The van der Waals surface area contributed by atoms with Gasteiger partial charge in [-0.25, -0.2) is 0 Å². The molecule has 0 saturated carbocycles. The van der Waals surface area contributed by atoms with Crippen LogP contribution in [-0.4, -0.2) is 19.0 Å². The second-order valence-corrected chi connectivity index (χ2v) is 4.13. The summed E-state index contributed by atoms with van der Waals surface area (Å²) in [5, 5.41) is 6.26. The van der Waals surface area contributed by atoms with Gasteiger partial charge in [-0.2, -0.15) is 0 Å². The molecule has 0 fully saturated rings. The van der Waals surface area contributed by atoms with E-state index in [2.05, 4.69) is 23.6 Å². The Bertz CT molecular complexity index is 388. The summed E-state index contributed by atoms with van der Waals surface area (Å²) in [6.45, 7) is 4.65. The van der Waals surface area contributed by atoms with Gasteiger partial charge in [0, 0.05) is 18.7 Å². The van der Waals surface area contributed by atoms with Crippen molar-refractivity contribution in [2.75, 3.05) is 13.1 Å². The quantitative estimate of drug-likeness (QED) is 0.806. The Morgan fingerprint density at radius 2 is 2.38 bits per heavy atom. The van der Waals surface area contributed by atoms with Crippen LogP contribution in [0.2, 0.25) is 0 Å². The zero-order valence-corrected chi connectivity index (χ0v) is 9.68. The number of rotatable bonds is 3. The number of amides is 1. The first-order chi connectivity index (χ1) is 7.83. The summed E-state index contributed by atoms with van der Waals surface area (Å²) in [4.78, 5) is 11.9. The van der Waals surface area contributed by atoms with Crippen LogP contribution in [0.5, 0.6) is 0 Å². The van der Waals surface area contributed by atoms with Crippen molar-refractivity contribution in [2.45, 2.75) is 26.3 Å². The Kier molecular flexibility index (Phi) is 3.57. The minimum Gasteiger partial charge on any atom is -0.352 e. The first-order valence-electron chi connectivity index (χ1n) is 5.92. The summed E-state index contributed by atoms with van der Waals surface area (Å²) in [5.74, 6) is 0.0700. The number of fused-ring (bicyclic) bond motifs is 1. The fraction of sp³-hybridized carbons (Fsp3) is 0.462. The Morgan fingerprint density at radius 3 is 3.19 bits per heavy atom. The fourth-order valence-corrected chi connectivity index (χ4v) is 2.08. The van der Waals surface area contributed by atoms with Crippen LogP contribution in [0.15, 0.2) is 18.2 Å². The predicted octanol–water partition coefficient (Wildman–Crippen LogP) is 1.47. The minimum atomic E-state index is 0.0700. The minimum absolute atomic E-state index is 0.0700. The molecule has 0 saturated heterocycles. The van der Waals surface area contributed by atoms with E-state index in [4.69, 9.17) is 0 Å². The van der Waals surface area contributed by atoms with Gasteiger partial charge in [-0.05, 0) is 36.6 Å². The van der Waals surface area contributed by atoms with Gasteiger partial charge >= 0.3 is 0 Å². The van der Waals surface area contributed by atoms with E-state index in [1.165, 1.54) is 11.1 Å². The van der Waals surface area contributed by atoms with Crippen molar-refractivity contribution in [2.24, 2.45) is 0 Å². The summed E-state index contributed by atoms with van der Waals surface area (Å²) in [6.07, 6.45) is 1.92. The second kappa shape index (κ2) is 5.12.